The molecule has 1 rings (SSSR count). The summed E-state index contributed by atoms with van der Waals surface area (Å²) in [5.41, 5.74) is -0.133. The maximum absolute atomic E-state index is 12.3. The lowest BCUT2D eigenvalue weighted by Crippen LogP contribution is -2.50. The van der Waals surface area contributed by atoms with Crippen molar-refractivity contribution in [2.24, 2.45) is 5.41 Å². The van der Waals surface area contributed by atoms with E-state index in [4.69, 9.17) is 0 Å². The third-order valence-corrected chi connectivity index (χ3v) is 4.19. The van der Waals surface area contributed by atoms with Crippen LogP contribution in [-0.2, 0) is 4.79 Å². The summed E-state index contributed by atoms with van der Waals surface area (Å²) < 4.78 is 0. The van der Waals surface area contributed by atoms with Crippen LogP contribution in [0.2, 0.25) is 0 Å². The molecule has 1 unspecified atom stereocenters. The van der Waals surface area contributed by atoms with Gasteiger partial charge >= 0.3 is 0 Å². The Hall–Kier alpha value is -0.220. The quantitative estimate of drug-likeness (QED) is 0.687. The Morgan fingerprint density at radius 1 is 1.53 bits per heavy atom. The molecule has 0 aromatic heterocycles. The first-order valence-corrected chi connectivity index (χ1v) is 8.12. The van der Waals surface area contributed by atoms with Crippen LogP contribution in [0.15, 0.2) is 0 Å². The Balaban J connectivity index is 2.42. The molecule has 0 spiro atoms. The van der Waals surface area contributed by atoms with Crippen molar-refractivity contribution in [3.8, 4) is 0 Å². The number of thioether (sulfide) groups is 1. The molecule has 0 radical (unpaired) electrons. The van der Waals surface area contributed by atoms with Crippen LogP contribution in [0.1, 0.15) is 39.0 Å². The van der Waals surface area contributed by atoms with E-state index in [1.165, 1.54) is 0 Å². The average molecular weight is 258 g/mol. The summed E-state index contributed by atoms with van der Waals surface area (Å²) >= 11 is 1.83. The number of piperidine rings is 1. The molecule has 1 heterocycles. The summed E-state index contributed by atoms with van der Waals surface area (Å²) in [6.45, 7) is 4.91. The van der Waals surface area contributed by atoms with Crippen LogP contribution in [0.25, 0.3) is 0 Å². The average Bonchev–Trinajstić information content (AvgIpc) is 2.36. The third kappa shape index (κ3) is 4.51. The van der Waals surface area contributed by atoms with Crippen molar-refractivity contribution in [2.75, 3.05) is 31.6 Å². The van der Waals surface area contributed by atoms with Gasteiger partial charge in [-0.05, 0) is 44.2 Å². The Kier molecular flexibility index (Phi) is 6.97. The van der Waals surface area contributed by atoms with Gasteiger partial charge in [0.05, 0.1) is 5.41 Å². The number of hydrogen-bond donors (Lipinski definition) is 2. The van der Waals surface area contributed by atoms with Crippen LogP contribution in [0, 0.1) is 5.41 Å². The standard InChI is InChI=1S/C13H26N2OS/c1-3-6-13(7-4-8-14-11-13)12(16)15-9-5-10-17-2/h14H,3-11H2,1-2H3,(H,15,16). The van der Waals surface area contributed by atoms with E-state index in [1.807, 2.05) is 11.8 Å². The Morgan fingerprint density at radius 3 is 2.94 bits per heavy atom. The van der Waals surface area contributed by atoms with E-state index in [9.17, 15) is 4.79 Å². The molecule has 1 aliphatic rings. The van der Waals surface area contributed by atoms with Gasteiger partial charge in [0, 0.05) is 13.1 Å². The Morgan fingerprint density at radius 2 is 2.35 bits per heavy atom. The lowest BCUT2D eigenvalue weighted by atomic mass is 9.76. The number of hydrogen-bond acceptors (Lipinski definition) is 3. The van der Waals surface area contributed by atoms with Crippen LogP contribution in [-0.4, -0.2) is 37.6 Å². The zero-order valence-corrected chi connectivity index (χ0v) is 12.0. The van der Waals surface area contributed by atoms with Crippen LogP contribution in [0.3, 0.4) is 0 Å². The van der Waals surface area contributed by atoms with Crippen molar-refractivity contribution in [1.29, 1.82) is 0 Å². The van der Waals surface area contributed by atoms with E-state index in [2.05, 4.69) is 23.8 Å². The molecular formula is C13H26N2OS. The molecule has 17 heavy (non-hydrogen) atoms. The second kappa shape index (κ2) is 7.98. The second-order valence-corrected chi connectivity index (χ2v) is 5.90. The highest BCUT2D eigenvalue weighted by Gasteiger charge is 2.38. The molecule has 1 aliphatic heterocycles. The summed E-state index contributed by atoms with van der Waals surface area (Å²) in [5, 5.41) is 6.50. The summed E-state index contributed by atoms with van der Waals surface area (Å²) in [5.74, 6) is 1.40. The molecule has 1 saturated heterocycles. The van der Waals surface area contributed by atoms with Gasteiger partial charge in [0.1, 0.15) is 0 Å². The van der Waals surface area contributed by atoms with Crippen LogP contribution < -0.4 is 10.6 Å². The van der Waals surface area contributed by atoms with E-state index in [0.29, 0.717) is 0 Å². The zero-order chi connectivity index (χ0) is 12.6. The first-order chi connectivity index (χ1) is 8.25. The fourth-order valence-electron chi connectivity index (χ4n) is 2.57. The summed E-state index contributed by atoms with van der Waals surface area (Å²) in [6, 6.07) is 0. The third-order valence-electron chi connectivity index (χ3n) is 3.49. The van der Waals surface area contributed by atoms with Gasteiger partial charge in [-0.3, -0.25) is 4.79 Å². The minimum absolute atomic E-state index is 0.133. The normalized spacial score (nSPS) is 24.6. The zero-order valence-electron chi connectivity index (χ0n) is 11.2. The smallest absolute Gasteiger partial charge is 0.227 e. The molecular weight excluding hydrogens is 232 g/mol. The topological polar surface area (TPSA) is 41.1 Å². The van der Waals surface area contributed by atoms with E-state index >= 15 is 0 Å². The van der Waals surface area contributed by atoms with Gasteiger partial charge in [0.25, 0.3) is 0 Å². The molecule has 0 bridgehead atoms. The van der Waals surface area contributed by atoms with Crippen molar-refractivity contribution < 1.29 is 4.79 Å². The molecule has 0 saturated carbocycles. The van der Waals surface area contributed by atoms with E-state index in [-0.39, 0.29) is 11.3 Å². The molecule has 3 nitrogen and oxygen atoms in total. The number of carbonyl (C=O) groups excluding carboxylic acids is 1. The number of amides is 1. The largest absolute Gasteiger partial charge is 0.356 e. The second-order valence-electron chi connectivity index (χ2n) is 4.91. The fraction of sp³-hybridized carbons (Fsp3) is 0.923. The molecule has 1 amide bonds. The first-order valence-electron chi connectivity index (χ1n) is 6.73. The maximum atomic E-state index is 12.3. The predicted molar refractivity (Wildman–Crippen MR) is 75.5 cm³/mol. The SMILES string of the molecule is CCCC1(C(=O)NCCCSC)CCCNC1. The molecule has 1 fully saturated rings. The van der Waals surface area contributed by atoms with Crippen LogP contribution >= 0.6 is 11.8 Å². The van der Waals surface area contributed by atoms with Gasteiger partial charge in [-0.15, -0.1) is 0 Å². The van der Waals surface area contributed by atoms with Crippen molar-refractivity contribution in [3.05, 3.63) is 0 Å². The maximum Gasteiger partial charge on any atom is 0.227 e. The monoisotopic (exact) mass is 258 g/mol. The number of nitrogens with one attached hydrogen (secondary N) is 2. The molecule has 0 aromatic carbocycles. The summed E-state index contributed by atoms with van der Waals surface area (Å²) in [6.07, 6.45) is 7.43. The highest BCUT2D eigenvalue weighted by Crippen LogP contribution is 2.31. The Bertz CT molecular complexity index is 222. The highest BCUT2D eigenvalue weighted by atomic mass is 32.2. The lowest BCUT2D eigenvalue weighted by molar-refractivity contribution is -0.132. The van der Waals surface area contributed by atoms with Gasteiger partial charge in [-0.1, -0.05) is 13.3 Å². The van der Waals surface area contributed by atoms with Crippen molar-refractivity contribution in [2.45, 2.75) is 39.0 Å². The van der Waals surface area contributed by atoms with Gasteiger partial charge in [0.15, 0.2) is 0 Å². The summed E-state index contributed by atoms with van der Waals surface area (Å²) in [7, 11) is 0. The van der Waals surface area contributed by atoms with Gasteiger partial charge in [-0.25, -0.2) is 0 Å². The van der Waals surface area contributed by atoms with Crippen molar-refractivity contribution in [1.82, 2.24) is 10.6 Å². The van der Waals surface area contributed by atoms with Crippen molar-refractivity contribution >= 4 is 17.7 Å². The van der Waals surface area contributed by atoms with Crippen LogP contribution in [0.4, 0.5) is 0 Å². The lowest BCUT2D eigenvalue weighted by Gasteiger charge is -2.36. The van der Waals surface area contributed by atoms with Gasteiger partial charge in [-0.2, -0.15) is 11.8 Å². The number of carbonyl (C=O) groups is 1. The molecule has 1 atom stereocenters. The fourth-order valence-corrected chi connectivity index (χ4v) is 3.01. The molecule has 100 valence electrons. The van der Waals surface area contributed by atoms with E-state index in [0.717, 1.165) is 57.5 Å². The van der Waals surface area contributed by atoms with Crippen molar-refractivity contribution in [3.63, 3.8) is 0 Å². The molecule has 0 aromatic rings. The number of rotatable bonds is 7. The molecule has 0 aliphatic carbocycles. The first kappa shape index (κ1) is 14.8. The predicted octanol–water partition coefficient (Wildman–Crippen LogP) is 2.03. The van der Waals surface area contributed by atoms with Gasteiger partial charge in [0.2, 0.25) is 5.91 Å². The van der Waals surface area contributed by atoms with Gasteiger partial charge < -0.3 is 10.6 Å². The minimum Gasteiger partial charge on any atom is -0.356 e. The molecule has 4 heteroatoms. The molecule has 2 N–H and O–H groups in total. The highest BCUT2D eigenvalue weighted by molar-refractivity contribution is 7.98. The van der Waals surface area contributed by atoms with E-state index in [1.54, 1.807) is 0 Å². The minimum atomic E-state index is -0.133. The van der Waals surface area contributed by atoms with Crippen LogP contribution in [0.5, 0.6) is 0 Å². The summed E-state index contributed by atoms with van der Waals surface area (Å²) in [4.78, 5) is 12.3. The Labute approximate surface area is 109 Å². The van der Waals surface area contributed by atoms with E-state index < -0.39 is 0 Å².